The summed E-state index contributed by atoms with van der Waals surface area (Å²) in [5.41, 5.74) is 0. The Morgan fingerprint density at radius 2 is 1.63 bits per heavy atom. The summed E-state index contributed by atoms with van der Waals surface area (Å²) in [6, 6.07) is 0.372. The topological polar surface area (TPSA) is 20.3 Å². The molecule has 0 aliphatic heterocycles. The Morgan fingerprint density at radius 3 is 2.11 bits per heavy atom. The maximum Gasteiger partial charge on any atom is 0.225 e. The lowest BCUT2D eigenvalue weighted by atomic mass is 9.89. The first-order valence-corrected chi connectivity index (χ1v) is 8.64. The van der Waals surface area contributed by atoms with Gasteiger partial charge in [-0.15, -0.1) is 11.6 Å². The van der Waals surface area contributed by atoms with E-state index in [9.17, 15) is 4.79 Å². The first-order chi connectivity index (χ1) is 9.24. The second kappa shape index (κ2) is 9.63. The average Bonchev–Trinajstić information content (AvgIpc) is 2.38. The van der Waals surface area contributed by atoms with E-state index in [0.29, 0.717) is 24.4 Å². The number of hydrogen-bond donors (Lipinski definition) is 0. The van der Waals surface area contributed by atoms with Crippen LogP contribution in [0.1, 0.15) is 71.6 Å². The van der Waals surface area contributed by atoms with E-state index in [1.807, 2.05) is 0 Å². The lowest BCUT2D eigenvalue weighted by Gasteiger charge is -2.33. The number of hydrogen-bond acceptors (Lipinski definition) is 1. The molecule has 0 N–H and O–H groups in total. The molecule has 1 aliphatic rings. The van der Waals surface area contributed by atoms with Crippen molar-refractivity contribution in [1.82, 2.24) is 4.90 Å². The summed E-state index contributed by atoms with van der Waals surface area (Å²) >= 11 is 5.90. The van der Waals surface area contributed by atoms with Gasteiger partial charge in [-0.2, -0.15) is 0 Å². The molecule has 0 unspecified atom stereocenters. The van der Waals surface area contributed by atoms with E-state index in [1.54, 1.807) is 0 Å². The smallest absolute Gasteiger partial charge is 0.225 e. The van der Waals surface area contributed by atoms with Crippen molar-refractivity contribution in [3.05, 3.63) is 0 Å². The van der Waals surface area contributed by atoms with Crippen LogP contribution in [0.5, 0.6) is 0 Å². The van der Waals surface area contributed by atoms with E-state index in [1.165, 1.54) is 32.1 Å². The second-order valence-corrected chi connectivity index (χ2v) is 6.11. The number of amides is 1. The minimum atomic E-state index is 0.254. The molecule has 0 aromatic heterocycles. The molecule has 3 heteroatoms. The molecule has 1 amide bonds. The summed E-state index contributed by atoms with van der Waals surface area (Å²) in [5.74, 6) is 1.18. The fourth-order valence-corrected chi connectivity index (χ4v) is 3.41. The largest absolute Gasteiger partial charge is 0.338 e. The van der Waals surface area contributed by atoms with Gasteiger partial charge in [-0.3, -0.25) is 4.79 Å². The van der Waals surface area contributed by atoms with Crippen LogP contribution < -0.4 is 0 Å². The van der Waals surface area contributed by atoms with Crippen molar-refractivity contribution in [3.63, 3.8) is 0 Å². The quantitative estimate of drug-likeness (QED) is 0.654. The Morgan fingerprint density at radius 1 is 1.11 bits per heavy atom. The monoisotopic (exact) mass is 287 g/mol. The molecule has 0 aromatic rings. The van der Waals surface area contributed by atoms with E-state index >= 15 is 0 Å². The van der Waals surface area contributed by atoms with Gasteiger partial charge < -0.3 is 4.90 Å². The van der Waals surface area contributed by atoms with Crippen LogP contribution in [0.25, 0.3) is 0 Å². The summed E-state index contributed by atoms with van der Waals surface area (Å²) in [6.07, 6.45) is 10.6. The summed E-state index contributed by atoms with van der Waals surface area (Å²) in [4.78, 5) is 14.8. The molecule has 112 valence electrons. The van der Waals surface area contributed by atoms with Crippen LogP contribution >= 0.6 is 11.6 Å². The number of halogens is 1. The summed E-state index contributed by atoms with van der Waals surface area (Å²) in [7, 11) is 0. The molecule has 19 heavy (non-hydrogen) atoms. The number of alkyl halides is 1. The highest BCUT2D eigenvalue weighted by Crippen LogP contribution is 2.25. The molecule has 0 radical (unpaired) electrons. The zero-order valence-corrected chi connectivity index (χ0v) is 13.4. The van der Waals surface area contributed by atoms with Gasteiger partial charge in [0.05, 0.1) is 0 Å². The van der Waals surface area contributed by atoms with Gasteiger partial charge in [0.1, 0.15) is 0 Å². The third-order valence-corrected chi connectivity index (χ3v) is 4.62. The molecule has 0 heterocycles. The number of carbonyl (C=O) groups is 1. The molecule has 0 spiro atoms. The molecule has 1 aliphatic carbocycles. The van der Waals surface area contributed by atoms with Crippen molar-refractivity contribution in [2.75, 3.05) is 12.4 Å². The van der Waals surface area contributed by atoms with E-state index in [2.05, 4.69) is 18.7 Å². The van der Waals surface area contributed by atoms with Gasteiger partial charge in [0, 0.05) is 24.4 Å². The zero-order valence-electron chi connectivity index (χ0n) is 12.7. The van der Waals surface area contributed by atoms with Crippen LogP contribution in [-0.2, 0) is 4.79 Å². The first kappa shape index (κ1) is 16.8. The third-order valence-electron chi connectivity index (χ3n) is 4.45. The van der Waals surface area contributed by atoms with E-state index in [0.717, 1.165) is 25.7 Å². The lowest BCUT2D eigenvalue weighted by molar-refractivity contribution is -0.138. The van der Waals surface area contributed by atoms with E-state index in [-0.39, 0.29) is 5.92 Å². The highest BCUT2D eigenvalue weighted by Gasteiger charge is 2.27. The summed E-state index contributed by atoms with van der Waals surface area (Å²) in [5, 5.41) is 0. The van der Waals surface area contributed by atoms with Gasteiger partial charge in [-0.05, 0) is 25.7 Å². The fourth-order valence-electron chi connectivity index (χ4n) is 3.23. The van der Waals surface area contributed by atoms with Crippen molar-refractivity contribution in [1.29, 1.82) is 0 Å². The molecule has 0 aromatic carbocycles. The van der Waals surface area contributed by atoms with Crippen molar-refractivity contribution < 1.29 is 4.79 Å². The van der Waals surface area contributed by atoms with Gasteiger partial charge in [-0.1, -0.05) is 46.0 Å². The van der Waals surface area contributed by atoms with Crippen molar-refractivity contribution in [3.8, 4) is 0 Å². The molecule has 0 atom stereocenters. The van der Waals surface area contributed by atoms with Gasteiger partial charge in [0.2, 0.25) is 5.91 Å². The Balaban J connectivity index is 2.67. The fraction of sp³-hybridized carbons (Fsp3) is 0.938. The van der Waals surface area contributed by atoms with Crippen LogP contribution in [0.3, 0.4) is 0 Å². The third kappa shape index (κ3) is 5.33. The first-order valence-electron chi connectivity index (χ1n) is 8.11. The lowest BCUT2D eigenvalue weighted by Crippen LogP contribution is -2.44. The van der Waals surface area contributed by atoms with E-state index in [4.69, 9.17) is 11.6 Å². The molecular formula is C16H30ClNO. The molecule has 2 nitrogen and oxygen atoms in total. The predicted octanol–water partition coefficient (Wildman–Crippen LogP) is 4.60. The maximum absolute atomic E-state index is 12.8. The Hall–Kier alpha value is -0.240. The molecule has 1 rings (SSSR count). The SMILES string of the molecule is CCC(CC)N(CCCl)C(=O)C1CCCCCCC1. The van der Waals surface area contributed by atoms with Crippen molar-refractivity contribution in [2.45, 2.75) is 77.7 Å². The summed E-state index contributed by atoms with van der Waals surface area (Å²) in [6.45, 7) is 5.05. The number of nitrogens with zero attached hydrogens (tertiary/aromatic N) is 1. The van der Waals surface area contributed by atoms with Crippen LogP contribution in [0.4, 0.5) is 0 Å². The van der Waals surface area contributed by atoms with Crippen molar-refractivity contribution in [2.24, 2.45) is 5.92 Å². The average molecular weight is 288 g/mol. The maximum atomic E-state index is 12.8. The number of rotatable bonds is 6. The van der Waals surface area contributed by atoms with Crippen LogP contribution in [0, 0.1) is 5.92 Å². The predicted molar refractivity (Wildman–Crippen MR) is 82.6 cm³/mol. The highest BCUT2D eigenvalue weighted by molar-refractivity contribution is 6.18. The summed E-state index contributed by atoms with van der Waals surface area (Å²) < 4.78 is 0. The normalized spacial score (nSPS) is 18.1. The van der Waals surface area contributed by atoms with Gasteiger partial charge in [-0.25, -0.2) is 0 Å². The van der Waals surface area contributed by atoms with Gasteiger partial charge in [0.25, 0.3) is 0 Å². The zero-order chi connectivity index (χ0) is 14.1. The standard InChI is InChI=1S/C16H30ClNO/c1-3-15(4-2)18(13-12-17)16(19)14-10-8-6-5-7-9-11-14/h14-15H,3-13H2,1-2H3. The minimum absolute atomic E-state index is 0.254. The molecule has 1 saturated carbocycles. The molecular weight excluding hydrogens is 258 g/mol. The van der Waals surface area contributed by atoms with Gasteiger partial charge >= 0.3 is 0 Å². The second-order valence-electron chi connectivity index (χ2n) is 5.73. The Bertz CT molecular complexity index is 245. The van der Waals surface area contributed by atoms with Crippen LogP contribution in [-0.4, -0.2) is 29.3 Å². The highest BCUT2D eigenvalue weighted by atomic mass is 35.5. The van der Waals surface area contributed by atoms with E-state index < -0.39 is 0 Å². The minimum Gasteiger partial charge on any atom is -0.338 e. The molecule has 0 saturated heterocycles. The number of carbonyl (C=O) groups excluding carboxylic acids is 1. The van der Waals surface area contributed by atoms with Gasteiger partial charge in [0.15, 0.2) is 0 Å². The Labute approximate surface area is 123 Å². The van der Waals surface area contributed by atoms with Crippen LogP contribution in [0.2, 0.25) is 0 Å². The van der Waals surface area contributed by atoms with Crippen molar-refractivity contribution >= 4 is 17.5 Å². The Kier molecular flexibility index (Phi) is 8.52. The van der Waals surface area contributed by atoms with Crippen LogP contribution in [0.15, 0.2) is 0 Å². The molecule has 0 bridgehead atoms. The molecule has 1 fully saturated rings.